The maximum atomic E-state index is 12.1. The molecule has 220 valence electrons. The van der Waals surface area contributed by atoms with Crippen LogP contribution in [0.25, 0.3) is 17.0 Å². The monoisotopic (exact) mass is 561 g/mol. The van der Waals surface area contributed by atoms with E-state index in [1.807, 2.05) is 59.1 Å². The lowest BCUT2D eigenvalue weighted by Crippen LogP contribution is -2.56. The van der Waals surface area contributed by atoms with Crippen LogP contribution in [0.2, 0.25) is 0 Å². The second-order valence-electron chi connectivity index (χ2n) is 11.5. The minimum absolute atomic E-state index is 0.119. The Hall–Kier alpha value is -3.99. The number of ether oxygens (including phenoxy) is 1. The number of likely N-dealkylation sites (tertiary alicyclic amines) is 1. The van der Waals surface area contributed by atoms with Crippen LogP contribution in [-0.4, -0.2) is 76.6 Å². The summed E-state index contributed by atoms with van der Waals surface area (Å²) in [6, 6.07) is 6.11. The van der Waals surface area contributed by atoms with Crippen LogP contribution in [-0.2, 0) is 11.3 Å². The molecule has 1 atom stereocenters. The molecule has 1 fully saturated rings. The highest BCUT2D eigenvalue weighted by Gasteiger charge is 2.37. The summed E-state index contributed by atoms with van der Waals surface area (Å²) in [4.78, 5) is 23.6. The number of nitrogens with zero attached hydrogens (tertiary/aromatic N) is 4. The van der Waals surface area contributed by atoms with Gasteiger partial charge in [-0.05, 0) is 71.7 Å². The molecule has 2 aliphatic heterocycles. The van der Waals surface area contributed by atoms with Crippen molar-refractivity contribution < 1.29 is 9.53 Å². The van der Waals surface area contributed by atoms with E-state index in [-0.39, 0.29) is 23.7 Å². The van der Waals surface area contributed by atoms with Crippen molar-refractivity contribution in [1.29, 1.82) is 10.8 Å². The number of rotatable bonds is 8. The van der Waals surface area contributed by atoms with Crippen molar-refractivity contribution >= 4 is 29.4 Å². The average molecular weight is 562 g/mol. The molecule has 1 aromatic carbocycles. The standard InChI is InChI=1S/C30H43N9O2/c1-18(2)35-27(36-19(3)32)24-17-38-12-13-41-25-14-20(9-10-22(25)28(38)37-24)23(15-31)26(34-6)21-8-7-11-39(16-21)30(4,5)29(33)40/h9-10,14-15,17-18,21,31,34H,7-8,11-13,16H2,1-6H3,(H2,33,40)(H2,32,35,36)/b26-23+,31-15?. The van der Waals surface area contributed by atoms with Crippen LogP contribution in [0, 0.1) is 16.7 Å². The Bertz CT molecular complexity index is 1390. The quantitative estimate of drug-likeness (QED) is 0.246. The third-order valence-electron chi connectivity index (χ3n) is 7.77. The van der Waals surface area contributed by atoms with E-state index in [4.69, 9.17) is 26.3 Å². The van der Waals surface area contributed by atoms with Gasteiger partial charge in [0, 0.05) is 49.2 Å². The number of nitrogens with two attached hydrogens (primary N) is 1. The summed E-state index contributed by atoms with van der Waals surface area (Å²) in [5.41, 5.74) is 9.13. The fourth-order valence-corrected chi connectivity index (χ4v) is 5.52. The van der Waals surface area contributed by atoms with E-state index in [9.17, 15) is 4.79 Å². The largest absolute Gasteiger partial charge is 0.491 e. The van der Waals surface area contributed by atoms with Crippen molar-refractivity contribution in [1.82, 2.24) is 25.1 Å². The van der Waals surface area contributed by atoms with E-state index in [2.05, 4.69) is 25.1 Å². The molecule has 1 saturated heterocycles. The summed E-state index contributed by atoms with van der Waals surface area (Å²) in [6.45, 7) is 12.0. The van der Waals surface area contributed by atoms with Gasteiger partial charge in [-0.3, -0.25) is 15.1 Å². The van der Waals surface area contributed by atoms with Gasteiger partial charge in [0.1, 0.15) is 29.7 Å². The summed E-state index contributed by atoms with van der Waals surface area (Å²) in [6.07, 6.45) is 5.22. The molecule has 2 aliphatic rings. The minimum Gasteiger partial charge on any atom is -0.491 e. The molecule has 3 heterocycles. The molecule has 41 heavy (non-hydrogen) atoms. The van der Waals surface area contributed by atoms with Crippen LogP contribution in [0.4, 0.5) is 0 Å². The average Bonchev–Trinajstić information content (AvgIpc) is 3.27. The third-order valence-corrected chi connectivity index (χ3v) is 7.77. The number of fused-ring (bicyclic) bond motifs is 3. The predicted molar refractivity (Wildman–Crippen MR) is 164 cm³/mol. The molecule has 0 aliphatic carbocycles. The SMILES string of the molecule is CN/C(=C(\C=N)c1ccc2c(c1)OCCn1cc(/C(=N/C(C)=N)NC(C)C)nc1-2)C1CCCN(C(C)(C)C(N)=O)C1. The number of aliphatic imine (C=N–C) groups is 1. The normalized spacial score (nSPS) is 18.4. The first-order chi connectivity index (χ1) is 19.5. The lowest BCUT2D eigenvalue weighted by molar-refractivity contribution is -0.129. The number of nitrogens with one attached hydrogen (secondary N) is 4. The number of primary amides is 1. The molecule has 1 unspecified atom stereocenters. The Morgan fingerprint density at radius 2 is 2.07 bits per heavy atom. The molecule has 4 rings (SSSR count). The van der Waals surface area contributed by atoms with E-state index in [0.717, 1.165) is 47.6 Å². The van der Waals surface area contributed by atoms with Gasteiger partial charge in [-0.1, -0.05) is 6.07 Å². The van der Waals surface area contributed by atoms with Crippen LogP contribution in [0.1, 0.15) is 58.7 Å². The molecule has 2 aromatic rings. The van der Waals surface area contributed by atoms with Gasteiger partial charge in [-0.15, -0.1) is 0 Å². The van der Waals surface area contributed by atoms with Gasteiger partial charge in [0.2, 0.25) is 5.91 Å². The molecule has 1 amide bonds. The van der Waals surface area contributed by atoms with Crippen molar-refractivity contribution in [2.24, 2.45) is 16.6 Å². The number of amidine groups is 2. The summed E-state index contributed by atoms with van der Waals surface area (Å²) in [5, 5.41) is 22.9. The fraction of sp³-hybridized carbons (Fsp3) is 0.500. The van der Waals surface area contributed by atoms with Crippen molar-refractivity contribution in [3.63, 3.8) is 0 Å². The second-order valence-corrected chi connectivity index (χ2v) is 11.5. The van der Waals surface area contributed by atoms with E-state index >= 15 is 0 Å². The first kappa shape index (κ1) is 30.0. The molecule has 0 bridgehead atoms. The minimum atomic E-state index is -0.742. The fourth-order valence-electron chi connectivity index (χ4n) is 5.52. The molecular weight excluding hydrogens is 518 g/mol. The summed E-state index contributed by atoms with van der Waals surface area (Å²) in [5.74, 6) is 2.03. The Balaban J connectivity index is 1.71. The number of aromatic nitrogens is 2. The van der Waals surface area contributed by atoms with Crippen LogP contribution in [0.3, 0.4) is 0 Å². The van der Waals surface area contributed by atoms with Crippen LogP contribution < -0.4 is 21.1 Å². The number of allylic oxidation sites excluding steroid dienone is 1. The van der Waals surface area contributed by atoms with E-state index in [1.165, 1.54) is 6.21 Å². The summed E-state index contributed by atoms with van der Waals surface area (Å²) >= 11 is 0. The summed E-state index contributed by atoms with van der Waals surface area (Å²) in [7, 11) is 1.88. The molecule has 1 aromatic heterocycles. The second kappa shape index (κ2) is 12.3. The highest BCUT2D eigenvalue weighted by molar-refractivity contribution is 6.10. The molecule has 0 radical (unpaired) electrons. The van der Waals surface area contributed by atoms with Gasteiger partial charge in [-0.2, -0.15) is 0 Å². The lowest BCUT2D eigenvalue weighted by atomic mass is 9.87. The zero-order valence-corrected chi connectivity index (χ0v) is 25.0. The van der Waals surface area contributed by atoms with Gasteiger partial charge in [0.05, 0.1) is 17.6 Å². The molecule has 0 spiro atoms. The third kappa shape index (κ3) is 6.35. The zero-order chi connectivity index (χ0) is 29.9. The Morgan fingerprint density at radius 3 is 2.71 bits per heavy atom. The van der Waals surface area contributed by atoms with Crippen LogP contribution in [0.5, 0.6) is 5.75 Å². The van der Waals surface area contributed by atoms with Gasteiger partial charge < -0.3 is 31.1 Å². The number of carbonyl (C=O) groups is 1. The van der Waals surface area contributed by atoms with Crippen molar-refractivity contribution in [3.8, 4) is 17.1 Å². The summed E-state index contributed by atoms with van der Waals surface area (Å²) < 4.78 is 8.24. The zero-order valence-electron chi connectivity index (χ0n) is 25.0. The first-order valence-corrected chi connectivity index (χ1v) is 14.2. The Kier molecular flexibility index (Phi) is 8.96. The number of benzene rings is 1. The van der Waals surface area contributed by atoms with Crippen LogP contribution >= 0.6 is 0 Å². The number of carbonyl (C=O) groups excluding carboxylic acids is 1. The smallest absolute Gasteiger partial charge is 0.237 e. The van der Waals surface area contributed by atoms with Crippen molar-refractivity contribution in [3.05, 3.63) is 41.4 Å². The number of hydrogen-bond acceptors (Lipinski definition) is 7. The van der Waals surface area contributed by atoms with Gasteiger partial charge in [-0.25, -0.2) is 9.98 Å². The maximum absolute atomic E-state index is 12.1. The predicted octanol–water partition coefficient (Wildman–Crippen LogP) is 3.24. The number of imidazole rings is 1. The maximum Gasteiger partial charge on any atom is 0.237 e. The Morgan fingerprint density at radius 1 is 1.32 bits per heavy atom. The lowest BCUT2D eigenvalue weighted by Gasteiger charge is -2.42. The van der Waals surface area contributed by atoms with E-state index < -0.39 is 5.54 Å². The van der Waals surface area contributed by atoms with Gasteiger partial charge >= 0.3 is 0 Å². The Labute approximate surface area is 242 Å². The molecule has 11 heteroatoms. The first-order valence-electron chi connectivity index (χ1n) is 14.2. The molecule has 6 N–H and O–H groups in total. The number of hydrogen-bond donors (Lipinski definition) is 5. The molecule has 0 saturated carbocycles. The van der Waals surface area contributed by atoms with Gasteiger partial charge in [0.25, 0.3) is 0 Å². The number of piperidine rings is 1. The van der Waals surface area contributed by atoms with E-state index in [1.54, 1.807) is 6.92 Å². The highest BCUT2D eigenvalue weighted by atomic mass is 16.5. The topological polar surface area (TPSA) is 158 Å². The molecule has 11 nitrogen and oxygen atoms in total. The van der Waals surface area contributed by atoms with E-state index in [0.29, 0.717) is 37.0 Å². The van der Waals surface area contributed by atoms with Crippen molar-refractivity contribution in [2.45, 2.75) is 65.6 Å². The molecular formula is C30H43N9O2. The van der Waals surface area contributed by atoms with Gasteiger partial charge in [0.15, 0.2) is 5.84 Å². The number of amides is 1. The van der Waals surface area contributed by atoms with Crippen molar-refractivity contribution in [2.75, 3.05) is 26.7 Å². The van der Waals surface area contributed by atoms with Crippen LogP contribution in [0.15, 0.2) is 35.1 Å². The highest BCUT2D eigenvalue weighted by Crippen LogP contribution is 2.36.